The van der Waals surface area contributed by atoms with Crippen molar-refractivity contribution in [2.24, 2.45) is 5.73 Å². The Kier molecular flexibility index (Phi) is 2.87. The molecule has 0 radical (unpaired) electrons. The van der Waals surface area contributed by atoms with Gasteiger partial charge >= 0.3 is 6.16 Å². The predicted octanol–water partition coefficient (Wildman–Crippen LogP) is 1.65. The normalized spacial score (nSPS) is 12.2. The molecule has 0 heterocycles. The van der Waals surface area contributed by atoms with Gasteiger partial charge in [0.15, 0.2) is 6.23 Å². The van der Waals surface area contributed by atoms with E-state index in [1.807, 2.05) is 13.0 Å². The van der Waals surface area contributed by atoms with Crippen LogP contribution in [0.5, 0.6) is 0 Å². The van der Waals surface area contributed by atoms with Gasteiger partial charge in [-0.05, 0) is 6.92 Å². The Morgan fingerprint density at radius 2 is 2.31 bits per heavy atom. The Labute approximate surface area is 75.9 Å². The zero-order valence-corrected chi connectivity index (χ0v) is 7.23. The number of benzene rings is 1. The van der Waals surface area contributed by atoms with E-state index in [0.29, 0.717) is 5.56 Å². The number of hydrogen-bond donors (Lipinski definition) is 2. The highest BCUT2D eigenvalue weighted by Gasteiger charge is 2.09. The highest BCUT2D eigenvalue weighted by atomic mass is 16.7. The molecule has 0 bridgehead atoms. The molecule has 4 heteroatoms. The fourth-order valence-electron chi connectivity index (χ4n) is 1.02. The van der Waals surface area contributed by atoms with Crippen LogP contribution in [0.15, 0.2) is 24.3 Å². The van der Waals surface area contributed by atoms with Crippen LogP contribution in [0.1, 0.15) is 17.4 Å². The summed E-state index contributed by atoms with van der Waals surface area (Å²) in [5.74, 6) is 0. The number of carbonyl (C=O) groups is 1. The molecule has 0 aromatic heterocycles. The highest BCUT2D eigenvalue weighted by molar-refractivity contribution is 5.57. The van der Waals surface area contributed by atoms with E-state index in [1.165, 1.54) is 0 Å². The minimum Gasteiger partial charge on any atom is -0.450 e. The van der Waals surface area contributed by atoms with Gasteiger partial charge in [0.25, 0.3) is 0 Å². The van der Waals surface area contributed by atoms with Crippen LogP contribution in [-0.2, 0) is 4.74 Å². The number of nitrogens with two attached hydrogens (primary N) is 1. The van der Waals surface area contributed by atoms with Crippen LogP contribution in [0.25, 0.3) is 0 Å². The molecule has 1 unspecified atom stereocenters. The predicted molar refractivity (Wildman–Crippen MR) is 47.2 cm³/mol. The number of ether oxygens (including phenoxy) is 1. The van der Waals surface area contributed by atoms with Crippen LogP contribution in [0, 0.1) is 6.92 Å². The third-order valence-corrected chi connectivity index (χ3v) is 1.60. The summed E-state index contributed by atoms with van der Waals surface area (Å²) in [6, 6.07) is 7.21. The van der Waals surface area contributed by atoms with E-state index in [1.54, 1.807) is 18.2 Å². The molecule has 0 aliphatic heterocycles. The first-order valence-corrected chi connectivity index (χ1v) is 3.81. The maximum Gasteiger partial charge on any atom is 0.507 e. The van der Waals surface area contributed by atoms with Crippen molar-refractivity contribution in [3.05, 3.63) is 35.4 Å². The summed E-state index contributed by atoms with van der Waals surface area (Å²) in [6.07, 6.45) is -2.27. The Morgan fingerprint density at radius 1 is 1.62 bits per heavy atom. The molecule has 0 aliphatic carbocycles. The largest absolute Gasteiger partial charge is 0.507 e. The van der Waals surface area contributed by atoms with Crippen LogP contribution in [-0.4, -0.2) is 11.3 Å². The van der Waals surface area contributed by atoms with E-state index < -0.39 is 12.4 Å². The number of hydrogen-bond acceptors (Lipinski definition) is 3. The highest BCUT2D eigenvalue weighted by Crippen LogP contribution is 2.12. The van der Waals surface area contributed by atoms with Gasteiger partial charge in [-0.1, -0.05) is 29.8 Å². The average Bonchev–Trinajstić information content (AvgIpc) is 2.03. The molecule has 1 rings (SSSR count). The van der Waals surface area contributed by atoms with Gasteiger partial charge in [-0.25, -0.2) is 4.79 Å². The third kappa shape index (κ3) is 2.76. The Morgan fingerprint density at radius 3 is 2.85 bits per heavy atom. The minimum atomic E-state index is -1.37. The summed E-state index contributed by atoms with van der Waals surface area (Å²) in [5, 5.41) is 8.31. The molecule has 13 heavy (non-hydrogen) atoms. The van der Waals surface area contributed by atoms with Gasteiger partial charge in [-0.3, -0.25) is 5.73 Å². The maximum absolute atomic E-state index is 10.2. The average molecular weight is 181 g/mol. The SMILES string of the molecule is Cc1cccc(C(N)OC(=O)O)c1. The summed E-state index contributed by atoms with van der Waals surface area (Å²) in [6.45, 7) is 1.90. The molecule has 70 valence electrons. The molecule has 1 atom stereocenters. The van der Waals surface area contributed by atoms with Gasteiger partial charge in [0.05, 0.1) is 0 Å². The van der Waals surface area contributed by atoms with Gasteiger partial charge < -0.3 is 9.84 Å². The summed E-state index contributed by atoms with van der Waals surface area (Å²) in [7, 11) is 0. The van der Waals surface area contributed by atoms with Crippen molar-refractivity contribution in [2.75, 3.05) is 0 Å². The molecule has 4 nitrogen and oxygen atoms in total. The minimum absolute atomic E-state index is 0.655. The Hall–Kier alpha value is -1.55. The summed E-state index contributed by atoms with van der Waals surface area (Å²) >= 11 is 0. The lowest BCUT2D eigenvalue weighted by Crippen LogP contribution is -2.17. The molecule has 0 saturated carbocycles. The van der Waals surface area contributed by atoms with Gasteiger partial charge in [-0.2, -0.15) is 0 Å². The smallest absolute Gasteiger partial charge is 0.450 e. The second-order valence-corrected chi connectivity index (χ2v) is 2.72. The van der Waals surface area contributed by atoms with Crippen molar-refractivity contribution in [3.8, 4) is 0 Å². The molecule has 3 N–H and O–H groups in total. The topological polar surface area (TPSA) is 72.5 Å². The van der Waals surface area contributed by atoms with E-state index in [2.05, 4.69) is 4.74 Å². The Balaban J connectivity index is 2.76. The molecule has 0 saturated heterocycles. The maximum atomic E-state index is 10.2. The second kappa shape index (κ2) is 3.91. The lowest BCUT2D eigenvalue weighted by atomic mass is 10.1. The summed E-state index contributed by atoms with van der Waals surface area (Å²) in [5.41, 5.74) is 7.13. The monoisotopic (exact) mass is 181 g/mol. The van der Waals surface area contributed by atoms with Gasteiger partial charge in [-0.15, -0.1) is 0 Å². The van der Waals surface area contributed by atoms with E-state index >= 15 is 0 Å². The van der Waals surface area contributed by atoms with E-state index in [0.717, 1.165) is 5.56 Å². The number of aryl methyl sites for hydroxylation is 1. The van der Waals surface area contributed by atoms with E-state index in [-0.39, 0.29) is 0 Å². The van der Waals surface area contributed by atoms with Gasteiger partial charge in [0.2, 0.25) is 0 Å². The Bertz CT molecular complexity index is 311. The summed E-state index contributed by atoms with van der Waals surface area (Å²) in [4.78, 5) is 10.2. The van der Waals surface area contributed by atoms with Crippen LogP contribution in [0.4, 0.5) is 4.79 Å². The van der Waals surface area contributed by atoms with Gasteiger partial charge in [0.1, 0.15) is 0 Å². The molecular weight excluding hydrogens is 170 g/mol. The van der Waals surface area contributed by atoms with Crippen molar-refractivity contribution in [2.45, 2.75) is 13.2 Å². The standard InChI is InChI=1S/C9H11NO3/c1-6-3-2-4-7(5-6)8(10)13-9(11)12/h2-5,8H,10H2,1H3,(H,11,12). The fraction of sp³-hybridized carbons (Fsp3) is 0.222. The quantitative estimate of drug-likeness (QED) is 0.537. The van der Waals surface area contributed by atoms with Crippen molar-refractivity contribution < 1.29 is 14.6 Å². The van der Waals surface area contributed by atoms with Crippen LogP contribution in [0.2, 0.25) is 0 Å². The van der Waals surface area contributed by atoms with Crippen molar-refractivity contribution in [3.63, 3.8) is 0 Å². The lowest BCUT2D eigenvalue weighted by molar-refractivity contribution is 0.0539. The second-order valence-electron chi connectivity index (χ2n) is 2.72. The first-order chi connectivity index (χ1) is 6.09. The van der Waals surface area contributed by atoms with Gasteiger partial charge in [0, 0.05) is 5.56 Å². The zero-order valence-electron chi connectivity index (χ0n) is 7.23. The van der Waals surface area contributed by atoms with Crippen LogP contribution < -0.4 is 5.73 Å². The molecule has 0 spiro atoms. The molecule has 0 aliphatic rings. The molecule has 1 aromatic rings. The van der Waals surface area contributed by atoms with Crippen LogP contribution in [0.3, 0.4) is 0 Å². The fourth-order valence-corrected chi connectivity index (χ4v) is 1.02. The number of rotatable bonds is 2. The molecule has 1 aromatic carbocycles. The van der Waals surface area contributed by atoms with Crippen molar-refractivity contribution in [1.82, 2.24) is 0 Å². The van der Waals surface area contributed by atoms with Crippen molar-refractivity contribution >= 4 is 6.16 Å². The third-order valence-electron chi connectivity index (χ3n) is 1.60. The van der Waals surface area contributed by atoms with E-state index in [9.17, 15) is 4.79 Å². The molecule has 0 amide bonds. The lowest BCUT2D eigenvalue weighted by Gasteiger charge is -2.10. The molecular formula is C9H11NO3. The zero-order chi connectivity index (χ0) is 9.84. The first-order valence-electron chi connectivity index (χ1n) is 3.81. The number of carboxylic acid groups (broad SMARTS) is 1. The van der Waals surface area contributed by atoms with Crippen molar-refractivity contribution in [1.29, 1.82) is 0 Å². The first kappa shape index (κ1) is 9.54. The summed E-state index contributed by atoms with van der Waals surface area (Å²) < 4.78 is 4.39. The van der Waals surface area contributed by atoms with E-state index in [4.69, 9.17) is 10.8 Å². The van der Waals surface area contributed by atoms with Crippen LogP contribution >= 0.6 is 0 Å². The molecule has 0 fully saturated rings.